The molecule has 68 heavy (non-hydrogen) atoms. The minimum Gasteiger partial charge on any atom is -0.462 e. The molecule has 0 aliphatic heterocycles. The van der Waals surface area contributed by atoms with Crippen molar-refractivity contribution in [2.75, 3.05) is 19.8 Å². The van der Waals surface area contributed by atoms with Crippen LogP contribution in [0.3, 0.4) is 0 Å². The molecule has 0 heterocycles. The van der Waals surface area contributed by atoms with Gasteiger partial charge in [0.25, 0.3) is 0 Å². The minimum absolute atomic E-state index is 0.0829. The summed E-state index contributed by atoms with van der Waals surface area (Å²) in [5, 5.41) is 0. The fourth-order valence-corrected chi connectivity index (χ4v) is 8.88. The first-order chi connectivity index (χ1) is 33.6. The van der Waals surface area contributed by atoms with Crippen LogP contribution in [-0.4, -0.2) is 37.9 Å². The van der Waals surface area contributed by atoms with Crippen LogP contribution in [0.4, 0.5) is 0 Å². The van der Waals surface area contributed by atoms with Gasteiger partial charge in [-0.05, 0) is 77.0 Å². The molecule has 0 aliphatic rings. The molecule has 0 saturated heterocycles. The number of unbranched alkanes of at least 4 members (excludes halogenated alkanes) is 37. The van der Waals surface area contributed by atoms with E-state index in [0.29, 0.717) is 19.4 Å². The van der Waals surface area contributed by atoms with Crippen LogP contribution in [0.1, 0.15) is 316 Å². The van der Waals surface area contributed by atoms with Crippen LogP contribution in [-0.2, 0) is 23.8 Å². The molecule has 1 atom stereocenters. The molecule has 398 valence electrons. The Morgan fingerprint density at radius 1 is 0.338 bits per heavy atom. The Kier molecular flexibility index (Phi) is 57.3. The van der Waals surface area contributed by atoms with Gasteiger partial charge in [0, 0.05) is 19.4 Å². The van der Waals surface area contributed by atoms with E-state index in [9.17, 15) is 9.59 Å². The average Bonchev–Trinajstić information content (AvgIpc) is 3.34. The lowest BCUT2D eigenvalue weighted by atomic mass is 10.0. The summed E-state index contributed by atoms with van der Waals surface area (Å²) in [6.45, 7) is 7.75. The summed E-state index contributed by atoms with van der Waals surface area (Å²) in [4.78, 5) is 25.6. The Bertz CT molecular complexity index is 1120. The van der Waals surface area contributed by atoms with Gasteiger partial charge >= 0.3 is 11.9 Å². The van der Waals surface area contributed by atoms with Crippen molar-refractivity contribution >= 4 is 11.9 Å². The van der Waals surface area contributed by atoms with Crippen molar-refractivity contribution in [2.24, 2.45) is 0 Å². The molecule has 0 aromatic heterocycles. The van der Waals surface area contributed by atoms with Crippen LogP contribution in [0.15, 0.2) is 48.6 Å². The highest BCUT2D eigenvalue weighted by atomic mass is 16.6. The first kappa shape index (κ1) is 65.9. The van der Waals surface area contributed by atoms with E-state index in [1.807, 2.05) is 0 Å². The van der Waals surface area contributed by atoms with Gasteiger partial charge in [-0.25, -0.2) is 0 Å². The largest absolute Gasteiger partial charge is 0.462 e. The molecule has 0 spiro atoms. The predicted octanol–water partition coefficient (Wildman–Crippen LogP) is 20.7. The smallest absolute Gasteiger partial charge is 0.306 e. The van der Waals surface area contributed by atoms with Crippen molar-refractivity contribution in [3.63, 3.8) is 0 Å². The van der Waals surface area contributed by atoms with Gasteiger partial charge in [-0.2, -0.15) is 0 Å². The van der Waals surface area contributed by atoms with Crippen molar-refractivity contribution in [3.8, 4) is 0 Å². The number of carbonyl (C=O) groups excluding carboxylic acids is 2. The third kappa shape index (κ3) is 56.4. The maximum atomic E-state index is 12.9. The summed E-state index contributed by atoms with van der Waals surface area (Å²) in [6.07, 6.45) is 74.2. The Morgan fingerprint density at radius 3 is 1.07 bits per heavy atom. The van der Waals surface area contributed by atoms with Gasteiger partial charge in [0.1, 0.15) is 6.61 Å². The molecule has 0 aromatic carbocycles. The monoisotopic (exact) mass is 953 g/mol. The molecule has 0 N–H and O–H groups in total. The van der Waals surface area contributed by atoms with E-state index in [1.165, 1.54) is 218 Å². The van der Waals surface area contributed by atoms with E-state index in [-0.39, 0.29) is 25.2 Å². The minimum atomic E-state index is -0.542. The zero-order valence-electron chi connectivity index (χ0n) is 45.9. The number of esters is 2. The van der Waals surface area contributed by atoms with Crippen molar-refractivity contribution in [3.05, 3.63) is 48.6 Å². The molecule has 0 bridgehead atoms. The highest BCUT2D eigenvalue weighted by molar-refractivity contribution is 5.70. The van der Waals surface area contributed by atoms with Gasteiger partial charge in [0.2, 0.25) is 0 Å². The standard InChI is InChI=1S/C63H116O5/c1-4-7-10-13-16-19-22-25-28-31-32-34-35-38-41-44-47-50-53-56-62(64)67-60-61(59-66-58-55-52-49-46-43-40-37-30-27-24-21-18-15-12-9-6-3)68-63(65)57-54-51-48-45-42-39-36-33-29-26-23-20-17-14-11-8-5-2/h9,12,18,21,25,27-28,30,61H,4-8,10-11,13-17,19-20,22-24,26,29,31-60H2,1-3H3/b12-9-,21-18-,28-25-,30-27-. The highest BCUT2D eigenvalue weighted by Gasteiger charge is 2.17. The summed E-state index contributed by atoms with van der Waals surface area (Å²) in [7, 11) is 0. The summed E-state index contributed by atoms with van der Waals surface area (Å²) in [5.74, 6) is -0.388. The molecule has 0 saturated carbocycles. The SMILES string of the molecule is CC/C=C\C/C=C\C/C=C\CCCCCCCCOCC(COC(=O)CCCCCCCCCCC/C=C\CCCCCCCC)OC(=O)CCCCCCCCCCCCCCCCCCC. The molecule has 0 rings (SSSR count). The maximum Gasteiger partial charge on any atom is 0.306 e. The molecular weight excluding hydrogens is 837 g/mol. The van der Waals surface area contributed by atoms with Gasteiger partial charge in [-0.3, -0.25) is 9.59 Å². The average molecular weight is 954 g/mol. The maximum absolute atomic E-state index is 12.9. The van der Waals surface area contributed by atoms with Gasteiger partial charge in [0.15, 0.2) is 6.10 Å². The summed E-state index contributed by atoms with van der Waals surface area (Å²) in [5.41, 5.74) is 0. The number of carbonyl (C=O) groups is 2. The Hall–Kier alpha value is -2.14. The van der Waals surface area contributed by atoms with Crippen molar-refractivity contribution < 1.29 is 23.8 Å². The summed E-state index contributed by atoms with van der Waals surface area (Å²) in [6, 6.07) is 0. The van der Waals surface area contributed by atoms with Crippen LogP contribution in [0.5, 0.6) is 0 Å². The number of hydrogen-bond donors (Lipinski definition) is 0. The molecule has 0 amide bonds. The molecular formula is C63H116O5. The lowest BCUT2D eigenvalue weighted by Gasteiger charge is -2.18. The quantitative estimate of drug-likeness (QED) is 0.0345. The lowest BCUT2D eigenvalue weighted by molar-refractivity contribution is -0.163. The Labute approximate surface area is 424 Å². The number of allylic oxidation sites excluding steroid dienone is 8. The van der Waals surface area contributed by atoms with Crippen LogP contribution < -0.4 is 0 Å². The lowest BCUT2D eigenvalue weighted by Crippen LogP contribution is -2.30. The molecule has 1 unspecified atom stereocenters. The predicted molar refractivity (Wildman–Crippen MR) is 298 cm³/mol. The molecule has 5 heteroatoms. The second-order valence-electron chi connectivity index (χ2n) is 20.2. The van der Waals surface area contributed by atoms with Crippen LogP contribution >= 0.6 is 0 Å². The van der Waals surface area contributed by atoms with Crippen LogP contribution in [0.25, 0.3) is 0 Å². The molecule has 5 nitrogen and oxygen atoms in total. The number of ether oxygens (including phenoxy) is 3. The highest BCUT2D eigenvalue weighted by Crippen LogP contribution is 2.17. The topological polar surface area (TPSA) is 61.8 Å². The fourth-order valence-electron chi connectivity index (χ4n) is 8.88. The van der Waals surface area contributed by atoms with E-state index >= 15 is 0 Å². The third-order valence-electron chi connectivity index (χ3n) is 13.3. The normalized spacial score (nSPS) is 12.5. The molecule has 0 fully saturated rings. The van der Waals surface area contributed by atoms with Gasteiger partial charge in [0.05, 0.1) is 6.61 Å². The van der Waals surface area contributed by atoms with Crippen molar-refractivity contribution in [1.29, 1.82) is 0 Å². The zero-order valence-corrected chi connectivity index (χ0v) is 45.9. The van der Waals surface area contributed by atoms with E-state index in [0.717, 1.165) is 64.2 Å². The first-order valence-electron chi connectivity index (χ1n) is 30.2. The van der Waals surface area contributed by atoms with E-state index in [2.05, 4.69) is 69.4 Å². The third-order valence-corrected chi connectivity index (χ3v) is 13.3. The van der Waals surface area contributed by atoms with Crippen LogP contribution in [0, 0.1) is 0 Å². The van der Waals surface area contributed by atoms with E-state index in [4.69, 9.17) is 14.2 Å². The van der Waals surface area contributed by atoms with Crippen molar-refractivity contribution in [2.45, 2.75) is 322 Å². The zero-order chi connectivity index (χ0) is 49.2. The second-order valence-corrected chi connectivity index (χ2v) is 20.2. The fraction of sp³-hybridized carbons (Fsp3) is 0.841. The molecule has 0 aliphatic carbocycles. The van der Waals surface area contributed by atoms with E-state index < -0.39 is 6.10 Å². The van der Waals surface area contributed by atoms with Gasteiger partial charge < -0.3 is 14.2 Å². The Balaban J connectivity index is 4.25. The van der Waals surface area contributed by atoms with Gasteiger partial charge in [-0.15, -0.1) is 0 Å². The summed E-state index contributed by atoms with van der Waals surface area (Å²) >= 11 is 0. The molecule has 0 aromatic rings. The van der Waals surface area contributed by atoms with Gasteiger partial charge in [-0.1, -0.05) is 275 Å². The van der Waals surface area contributed by atoms with E-state index in [1.54, 1.807) is 0 Å². The Morgan fingerprint density at radius 2 is 0.662 bits per heavy atom. The summed E-state index contributed by atoms with van der Waals surface area (Å²) < 4.78 is 17.5. The molecule has 0 radical (unpaired) electrons. The first-order valence-corrected chi connectivity index (χ1v) is 30.2. The van der Waals surface area contributed by atoms with Crippen molar-refractivity contribution in [1.82, 2.24) is 0 Å². The van der Waals surface area contributed by atoms with Crippen LogP contribution in [0.2, 0.25) is 0 Å². The number of hydrogen-bond acceptors (Lipinski definition) is 5. The number of rotatable bonds is 56. The second kappa shape index (κ2) is 59.2.